The Morgan fingerprint density at radius 3 is 2.62 bits per heavy atom. The van der Waals surface area contributed by atoms with E-state index in [0.29, 0.717) is 11.6 Å². The second-order valence-corrected chi connectivity index (χ2v) is 7.14. The summed E-state index contributed by atoms with van der Waals surface area (Å²) in [7, 11) is 0. The van der Waals surface area contributed by atoms with Crippen LogP contribution in [0.25, 0.3) is 0 Å². The number of ether oxygens (including phenoxy) is 1. The SMILES string of the molecule is CC(C(=O)Nc1cccc(Cl)c1)N1CCC(OCc2ccccc2)CC1. The minimum Gasteiger partial charge on any atom is -0.373 e. The van der Waals surface area contributed by atoms with E-state index in [2.05, 4.69) is 22.3 Å². The number of nitrogens with zero attached hydrogens (tertiary/aromatic N) is 1. The van der Waals surface area contributed by atoms with Crippen molar-refractivity contribution in [2.45, 2.75) is 38.5 Å². The highest BCUT2D eigenvalue weighted by Gasteiger charge is 2.27. The van der Waals surface area contributed by atoms with Crippen molar-refractivity contribution in [1.29, 1.82) is 0 Å². The van der Waals surface area contributed by atoms with Gasteiger partial charge in [-0.25, -0.2) is 0 Å². The summed E-state index contributed by atoms with van der Waals surface area (Å²) in [6.45, 7) is 4.33. The fourth-order valence-corrected chi connectivity index (χ4v) is 3.39. The molecule has 1 unspecified atom stereocenters. The van der Waals surface area contributed by atoms with Crippen LogP contribution in [-0.4, -0.2) is 36.0 Å². The molecule has 1 saturated heterocycles. The highest BCUT2D eigenvalue weighted by Crippen LogP contribution is 2.19. The molecule has 0 radical (unpaired) electrons. The number of halogens is 1. The Bertz CT molecular complexity index is 715. The van der Waals surface area contributed by atoms with Crippen LogP contribution in [0.4, 0.5) is 5.69 Å². The van der Waals surface area contributed by atoms with Crippen molar-refractivity contribution in [2.24, 2.45) is 0 Å². The maximum Gasteiger partial charge on any atom is 0.241 e. The molecule has 138 valence electrons. The molecule has 1 aliphatic rings. The summed E-state index contributed by atoms with van der Waals surface area (Å²) in [4.78, 5) is 14.7. The van der Waals surface area contributed by atoms with Crippen molar-refractivity contribution in [3.05, 3.63) is 65.2 Å². The fourth-order valence-electron chi connectivity index (χ4n) is 3.20. The van der Waals surface area contributed by atoms with Crippen molar-refractivity contribution < 1.29 is 9.53 Å². The Morgan fingerprint density at radius 1 is 1.19 bits per heavy atom. The minimum atomic E-state index is -0.177. The van der Waals surface area contributed by atoms with Gasteiger partial charge in [-0.1, -0.05) is 48.0 Å². The lowest BCUT2D eigenvalue weighted by Gasteiger charge is -2.35. The van der Waals surface area contributed by atoms with Crippen molar-refractivity contribution in [1.82, 2.24) is 4.90 Å². The number of rotatable bonds is 6. The Hall–Kier alpha value is -1.88. The Balaban J connectivity index is 1.44. The number of amides is 1. The number of carbonyl (C=O) groups excluding carboxylic acids is 1. The van der Waals surface area contributed by atoms with E-state index in [-0.39, 0.29) is 18.1 Å². The summed E-state index contributed by atoms with van der Waals surface area (Å²) < 4.78 is 6.02. The molecule has 4 nitrogen and oxygen atoms in total. The summed E-state index contributed by atoms with van der Waals surface area (Å²) >= 11 is 5.97. The summed E-state index contributed by atoms with van der Waals surface area (Å²) in [5, 5.41) is 3.56. The third-order valence-electron chi connectivity index (χ3n) is 4.82. The second kappa shape index (κ2) is 9.17. The molecule has 26 heavy (non-hydrogen) atoms. The fraction of sp³-hybridized carbons (Fsp3) is 0.381. The lowest BCUT2D eigenvalue weighted by Crippen LogP contribution is -2.47. The smallest absolute Gasteiger partial charge is 0.241 e. The summed E-state index contributed by atoms with van der Waals surface area (Å²) in [6.07, 6.45) is 2.15. The standard InChI is InChI=1S/C21H25ClN2O2/c1-16(21(25)23-19-9-5-8-18(22)14-19)24-12-10-20(11-13-24)26-15-17-6-3-2-4-7-17/h2-9,14,16,20H,10-13,15H2,1H3,(H,23,25). The topological polar surface area (TPSA) is 41.6 Å². The molecule has 2 aromatic rings. The predicted molar refractivity (Wildman–Crippen MR) is 105 cm³/mol. The largest absolute Gasteiger partial charge is 0.373 e. The Labute approximate surface area is 160 Å². The van der Waals surface area contributed by atoms with Gasteiger partial charge in [0.2, 0.25) is 5.91 Å². The molecule has 0 aliphatic carbocycles. The van der Waals surface area contributed by atoms with Crippen LogP contribution in [0.15, 0.2) is 54.6 Å². The summed E-state index contributed by atoms with van der Waals surface area (Å²) in [6, 6.07) is 17.3. The van der Waals surface area contributed by atoms with Crippen LogP contribution >= 0.6 is 11.6 Å². The maximum atomic E-state index is 12.5. The van der Waals surface area contributed by atoms with E-state index >= 15 is 0 Å². The first-order valence-electron chi connectivity index (χ1n) is 9.08. The first-order chi connectivity index (χ1) is 12.6. The van der Waals surface area contributed by atoms with Gasteiger partial charge in [0.05, 0.1) is 18.8 Å². The van der Waals surface area contributed by atoms with E-state index in [0.717, 1.165) is 31.6 Å². The van der Waals surface area contributed by atoms with Crippen LogP contribution in [-0.2, 0) is 16.1 Å². The zero-order chi connectivity index (χ0) is 18.4. The van der Waals surface area contributed by atoms with Crippen molar-refractivity contribution in [2.75, 3.05) is 18.4 Å². The van der Waals surface area contributed by atoms with Crippen molar-refractivity contribution in [3.8, 4) is 0 Å². The number of hydrogen-bond donors (Lipinski definition) is 1. The molecule has 0 aromatic heterocycles. The van der Waals surface area contributed by atoms with Gasteiger partial charge in [0.15, 0.2) is 0 Å². The summed E-state index contributed by atoms with van der Waals surface area (Å²) in [5.74, 6) is -0.00378. The van der Waals surface area contributed by atoms with Crippen molar-refractivity contribution in [3.63, 3.8) is 0 Å². The molecule has 1 amide bonds. The molecule has 1 fully saturated rings. The van der Waals surface area contributed by atoms with Gasteiger partial charge in [0.25, 0.3) is 0 Å². The number of carbonyl (C=O) groups is 1. The van der Waals surface area contributed by atoms with Gasteiger partial charge in [-0.05, 0) is 43.5 Å². The van der Waals surface area contributed by atoms with E-state index < -0.39 is 0 Å². The Kier molecular flexibility index (Phi) is 6.67. The molecule has 2 aromatic carbocycles. The number of hydrogen-bond acceptors (Lipinski definition) is 3. The number of piperidine rings is 1. The average Bonchev–Trinajstić information content (AvgIpc) is 2.67. The molecule has 0 spiro atoms. The van der Waals surface area contributed by atoms with Crippen LogP contribution in [0.1, 0.15) is 25.3 Å². The average molecular weight is 373 g/mol. The molecular formula is C21H25ClN2O2. The third kappa shape index (κ3) is 5.31. The number of anilines is 1. The van der Waals surface area contributed by atoms with Crippen LogP contribution in [0, 0.1) is 0 Å². The monoisotopic (exact) mass is 372 g/mol. The van der Waals surface area contributed by atoms with Crippen LogP contribution in [0.2, 0.25) is 5.02 Å². The molecule has 5 heteroatoms. The first-order valence-corrected chi connectivity index (χ1v) is 9.45. The van der Waals surface area contributed by atoms with Gasteiger partial charge in [-0.15, -0.1) is 0 Å². The van der Waals surface area contributed by atoms with Crippen molar-refractivity contribution >= 4 is 23.2 Å². The summed E-state index contributed by atoms with van der Waals surface area (Å²) in [5.41, 5.74) is 1.93. The maximum absolute atomic E-state index is 12.5. The van der Waals surface area contributed by atoms with E-state index in [1.807, 2.05) is 37.3 Å². The molecule has 3 rings (SSSR count). The number of nitrogens with one attached hydrogen (secondary N) is 1. The van der Waals surface area contributed by atoms with Gasteiger partial charge in [0, 0.05) is 23.8 Å². The molecule has 0 saturated carbocycles. The van der Waals surface area contributed by atoms with Crippen LogP contribution in [0.3, 0.4) is 0 Å². The van der Waals surface area contributed by atoms with E-state index in [9.17, 15) is 4.79 Å². The van der Waals surface area contributed by atoms with E-state index in [1.54, 1.807) is 12.1 Å². The third-order valence-corrected chi connectivity index (χ3v) is 5.06. The van der Waals surface area contributed by atoms with Gasteiger partial charge in [0.1, 0.15) is 0 Å². The van der Waals surface area contributed by atoms with Gasteiger partial charge < -0.3 is 10.1 Å². The number of benzene rings is 2. The molecule has 1 atom stereocenters. The molecular weight excluding hydrogens is 348 g/mol. The van der Waals surface area contributed by atoms with E-state index in [4.69, 9.17) is 16.3 Å². The molecule has 0 bridgehead atoms. The van der Waals surface area contributed by atoms with Gasteiger partial charge in [-0.3, -0.25) is 9.69 Å². The molecule has 1 aliphatic heterocycles. The highest BCUT2D eigenvalue weighted by atomic mass is 35.5. The van der Waals surface area contributed by atoms with Crippen LogP contribution in [0.5, 0.6) is 0 Å². The van der Waals surface area contributed by atoms with Gasteiger partial charge in [-0.2, -0.15) is 0 Å². The lowest BCUT2D eigenvalue weighted by atomic mass is 10.1. The van der Waals surface area contributed by atoms with Gasteiger partial charge >= 0.3 is 0 Å². The zero-order valence-corrected chi connectivity index (χ0v) is 15.8. The molecule has 1 N–H and O–H groups in total. The predicted octanol–water partition coefficient (Wildman–Crippen LogP) is 4.35. The second-order valence-electron chi connectivity index (χ2n) is 6.71. The quantitative estimate of drug-likeness (QED) is 0.819. The normalized spacial score (nSPS) is 17.0. The number of likely N-dealkylation sites (tertiary alicyclic amines) is 1. The lowest BCUT2D eigenvalue weighted by molar-refractivity contribution is -0.122. The minimum absolute atomic E-state index is 0.00378. The molecule has 1 heterocycles. The highest BCUT2D eigenvalue weighted by molar-refractivity contribution is 6.30. The Morgan fingerprint density at radius 2 is 1.92 bits per heavy atom. The van der Waals surface area contributed by atoms with E-state index in [1.165, 1.54) is 5.56 Å². The first kappa shape index (κ1) is 18.9. The van der Waals surface area contributed by atoms with Crippen LogP contribution < -0.4 is 5.32 Å². The zero-order valence-electron chi connectivity index (χ0n) is 15.0.